The minimum atomic E-state index is -0.688. The van der Waals surface area contributed by atoms with E-state index in [1.54, 1.807) is 0 Å². The zero-order chi connectivity index (χ0) is 10.7. The molecular formula is C10H19N3O2. The fraction of sp³-hybridized carbons (Fsp3) is 0.900. The number of ether oxygens (including phenoxy) is 1. The molecule has 3 atom stereocenters. The van der Waals surface area contributed by atoms with Gasteiger partial charge >= 0.3 is 6.09 Å². The molecular weight excluding hydrogens is 194 g/mol. The first-order valence-electron chi connectivity index (χ1n) is 5.63. The van der Waals surface area contributed by atoms with Crippen molar-refractivity contribution >= 4 is 6.09 Å². The highest BCUT2D eigenvalue weighted by atomic mass is 16.5. The van der Waals surface area contributed by atoms with Crippen LogP contribution in [0.5, 0.6) is 0 Å². The van der Waals surface area contributed by atoms with Crippen molar-refractivity contribution in [3.8, 4) is 0 Å². The van der Waals surface area contributed by atoms with Gasteiger partial charge in [-0.1, -0.05) is 0 Å². The average molecular weight is 213 g/mol. The number of amides is 1. The number of carbonyl (C=O) groups is 1. The highest BCUT2D eigenvalue weighted by Crippen LogP contribution is 2.26. The predicted octanol–water partition coefficient (Wildman–Crippen LogP) is -0.234. The van der Waals surface area contributed by atoms with Gasteiger partial charge < -0.3 is 20.7 Å². The van der Waals surface area contributed by atoms with Crippen molar-refractivity contribution in [3.05, 3.63) is 0 Å². The lowest BCUT2D eigenvalue weighted by Crippen LogP contribution is -2.45. The molecule has 5 nitrogen and oxygen atoms in total. The van der Waals surface area contributed by atoms with Gasteiger partial charge in [0.25, 0.3) is 0 Å². The van der Waals surface area contributed by atoms with Crippen LogP contribution in [0.3, 0.4) is 0 Å². The third kappa shape index (κ3) is 2.82. The number of rotatable bonds is 4. The molecule has 2 saturated heterocycles. The van der Waals surface area contributed by atoms with Gasteiger partial charge in [0.15, 0.2) is 0 Å². The molecule has 2 heterocycles. The van der Waals surface area contributed by atoms with Crippen LogP contribution in [0.2, 0.25) is 0 Å². The Morgan fingerprint density at radius 3 is 3.07 bits per heavy atom. The molecule has 15 heavy (non-hydrogen) atoms. The Kier molecular flexibility index (Phi) is 3.43. The van der Waals surface area contributed by atoms with Gasteiger partial charge in [-0.3, -0.25) is 0 Å². The van der Waals surface area contributed by atoms with Crippen LogP contribution in [0.15, 0.2) is 0 Å². The summed E-state index contributed by atoms with van der Waals surface area (Å²) < 4.78 is 4.68. The van der Waals surface area contributed by atoms with Gasteiger partial charge in [-0.25, -0.2) is 4.79 Å². The van der Waals surface area contributed by atoms with Gasteiger partial charge in [-0.2, -0.15) is 0 Å². The predicted molar refractivity (Wildman–Crippen MR) is 56.5 cm³/mol. The largest absolute Gasteiger partial charge is 0.448 e. The minimum absolute atomic E-state index is 0.377. The summed E-state index contributed by atoms with van der Waals surface area (Å²) in [6.07, 6.45) is 1.82. The Morgan fingerprint density at radius 1 is 1.47 bits per heavy atom. The molecule has 2 aliphatic rings. The van der Waals surface area contributed by atoms with Crippen LogP contribution in [-0.2, 0) is 4.74 Å². The first-order valence-corrected chi connectivity index (χ1v) is 5.63. The van der Waals surface area contributed by atoms with Gasteiger partial charge in [0.2, 0.25) is 0 Å². The van der Waals surface area contributed by atoms with Gasteiger partial charge in [-0.05, 0) is 31.8 Å². The summed E-state index contributed by atoms with van der Waals surface area (Å²) in [4.78, 5) is 12.9. The van der Waals surface area contributed by atoms with Crippen molar-refractivity contribution in [1.29, 1.82) is 0 Å². The van der Waals surface area contributed by atoms with Crippen LogP contribution >= 0.6 is 0 Å². The molecule has 2 rings (SSSR count). The molecule has 0 radical (unpaired) electrons. The van der Waals surface area contributed by atoms with Gasteiger partial charge in [0, 0.05) is 19.1 Å². The van der Waals surface area contributed by atoms with Crippen LogP contribution in [-0.4, -0.2) is 49.8 Å². The summed E-state index contributed by atoms with van der Waals surface area (Å²) in [6.45, 7) is 4.77. The van der Waals surface area contributed by atoms with E-state index in [9.17, 15) is 4.79 Å². The van der Waals surface area contributed by atoms with E-state index in [0.29, 0.717) is 19.2 Å². The van der Waals surface area contributed by atoms with Gasteiger partial charge in [0.1, 0.15) is 6.61 Å². The molecule has 0 spiro atoms. The van der Waals surface area contributed by atoms with Crippen LogP contribution in [0.1, 0.15) is 12.8 Å². The molecule has 3 N–H and O–H groups in total. The van der Waals surface area contributed by atoms with Crippen molar-refractivity contribution in [2.24, 2.45) is 11.7 Å². The summed E-state index contributed by atoms with van der Waals surface area (Å²) >= 11 is 0. The van der Waals surface area contributed by atoms with E-state index in [-0.39, 0.29) is 0 Å². The van der Waals surface area contributed by atoms with Gasteiger partial charge in [-0.15, -0.1) is 0 Å². The van der Waals surface area contributed by atoms with Crippen LogP contribution in [0.4, 0.5) is 4.79 Å². The molecule has 0 aromatic heterocycles. The summed E-state index contributed by atoms with van der Waals surface area (Å²) in [5.41, 5.74) is 4.88. The van der Waals surface area contributed by atoms with E-state index in [4.69, 9.17) is 5.73 Å². The van der Waals surface area contributed by atoms with E-state index in [0.717, 1.165) is 5.92 Å². The Balaban J connectivity index is 1.64. The molecule has 86 valence electrons. The molecule has 3 unspecified atom stereocenters. The number of primary amides is 1. The molecule has 0 aliphatic carbocycles. The summed E-state index contributed by atoms with van der Waals surface area (Å²) in [6, 6.07) is 0.597. The monoisotopic (exact) mass is 213 g/mol. The molecule has 1 amide bonds. The number of hydrogen-bond acceptors (Lipinski definition) is 4. The molecule has 5 heteroatoms. The highest BCUT2D eigenvalue weighted by Gasteiger charge is 2.33. The van der Waals surface area contributed by atoms with E-state index in [1.165, 1.54) is 32.5 Å². The smallest absolute Gasteiger partial charge is 0.404 e. The van der Waals surface area contributed by atoms with Crippen molar-refractivity contribution in [2.45, 2.75) is 18.9 Å². The fourth-order valence-corrected chi connectivity index (χ4v) is 2.62. The van der Waals surface area contributed by atoms with Crippen molar-refractivity contribution in [1.82, 2.24) is 10.2 Å². The normalized spacial score (nSPS) is 34.0. The van der Waals surface area contributed by atoms with E-state index in [1.807, 2.05) is 0 Å². The summed E-state index contributed by atoms with van der Waals surface area (Å²) in [7, 11) is 0. The first kappa shape index (κ1) is 10.7. The Hall–Kier alpha value is -0.810. The van der Waals surface area contributed by atoms with Gasteiger partial charge in [0.05, 0.1) is 0 Å². The summed E-state index contributed by atoms with van der Waals surface area (Å²) in [5.74, 6) is 0.785. The number of piperidine rings is 1. The third-order valence-electron chi connectivity index (χ3n) is 3.39. The Labute approximate surface area is 89.9 Å². The lowest BCUT2D eigenvalue weighted by molar-refractivity contribution is 0.151. The SMILES string of the molecule is NC(=O)OCCNC1CCN2CCC1C2. The fourth-order valence-electron chi connectivity index (χ4n) is 2.62. The van der Waals surface area contributed by atoms with Crippen LogP contribution in [0, 0.1) is 5.92 Å². The van der Waals surface area contributed by atoms with Crippen LogP contribution in [0.25, 0.3) is 0 Å². The molecule has 2 aliphatic heterocycles. The maximum atomic E-state index is 10.3. The minimum Gasteiger partial charge on any atom is -0.448 e. The number of fused-ring (bicyclic) bond motifs is 2. The highest BCUT2D eigenvalue weighted by molar-refractivity contribution is 5.64. The lowest BCUT2D eigenvalue weighted by Gasteiger charge is -2.31. The Bertz CT molecular complexity index is 235. The standard InChI is InChI=1S/C10H19N3O2/c11-10(14)15-6-3-12-9-2-5-13-4-1-8(9)7-13/h8-9,12H,1-7H2,(H2,11,14). The van der Waals surface area contributed by atoms with Crippen molar-refractivity contribution in [3.63, 3.8) is 0 Å². The quantitative estimate of drug-likeness (QED) is 0.633. The lowest BCUT2D eigenvalue weighted by atomic mass is 9.94. The Morgan fingerprint density at radius 2 is 2.27 bits per heavy atom. The molecule has 0 aromatic carbocycles. The maximum absolute atomic E-state index is 10.3. The number of nitrogens with zero attached hydrogens (tertiary/aromatic N) is 1. The number of hydrogen-bond donors (Lipinski definition) is 2. The molecule has 2 bridgehead atoms. The second-order valence-electron chi connectivity index (χ2n) is 4.37. The zero-order valence-corrected chi connectivity index (χ0v) is 8.95. The first-order chi connectivity index (χ1) is 7.25. The van der Waals surface area contributed by atoms with E-state index < -0.39 is 6.09 Å². The zero-order valence-electron chi connectivity index (χ0n) is 8.95. The van der Waals surface area contributed by atoms with Crippen molar-refractivity contribution < 1.29 is 9.53 Å². The van der Waals surface area contributed by atoms with E-state index >= 15 is 0 Å². The molecule has 0 saturated carbocycles. The molecule has 0 aromatic rings. The van der Waals surface area contributed by atoms with E-state index in [2.05, 4.69) is 15.0 Å². The second-order valence-corrected chi connectivity index (χ2v) is 4.37. The number of carbonyl (C=O) groups excluding carboxylic acids is 1. The number of nitrogens with one attached hydrogen (secondary N) is 1. The summed E-state index contributed by atoms with van der Waals surface area (Å²) in [5, 5.41) is 3.45. The van der Waals surface area contributed by atoms with Crippen LogP contribution < -0.4 is 11.1 Å². The van der Waals surface area contributed by atoms with Crippen molar-refractivity contribution in [2.75, 3.05) is 32.8 Å². The molecule has 2 fully saturated rings. The topological polar surface area (TPSA) is 67.6 Å². The second kappa shape index (κ2) is 4.81. The number of nitrogens with two attached hydrogens (primary N) is 1. The average Bonchev–Trinajstić information content (AvgIpc) is 2.58. The third-order valence-corrected chi connectivity index (χ3v) is 3.39. The maximum Gasteiger partial charge on any atom is 0.404 e.